The molecule has 1 aromatic carbocycles. The Balaban J connectivity index is 2.58. The molecular weight excluding hydrogens is 268 g/mol. The Morgan fingerprint density at radius 3 is 2.75 bits per heavy atom. The number of halogens is 1. The first kappa shape index (κ1) is 13.0. The summed E-state index contributed by atoms with van der Waals surface area (Å²) in [5.74, 6) is 0.102. The van der Waals surface area contributed by atoms with Gasteiger partial charge < -0.3 is 10.2 Å². The van der Waals surface area contributed by atoms with Crippen molar-refractivity contribution in [2.24, 2.45) is 0 Å². The quantitative estimate of drug-likeness (QED) is 0.922. The van der Waals surface area contributed by atoms with E-state index in [9.17, 15) is 4.79 Å². The number of carbonyl (C=O) groups is 1. The summed E-state index contributed by atoms with van der Waals surface area (Å²) < 4.78 is 1.05. The van der Waals surface area contributed by atoms with Gasteiger partial charge in [-0.3, -0.25) is 4.79 Å². The highest BCUT2D eigenvalue weighted by molar-refractivity contribution is 9.10. The van der Waals surface area contributed by atoms with Crippen LogP contribution in [0.1, 0.15) is 12.5 Å². The topological polar surface area (TPSA) is 32.3 Å². The number of nitrogens with zero attached hydrogens (tertiary/aromatic N) is 1. The van der Waals surface area contributed by atoms with Crippen LogP contribution >= 0.6 is 15.9 Å². The summed E-state index contributed by atoms with van der Waals surface area (Å²) >= 11 is 3.41. The molecule has 3 nitrogen and oxygen atoms in total. The van der Waals surface area contributed by atoms with Gasteiger partial charge in [-0.25, -0.2) is 0 Å². The summed E-state index contributed by atoms with van der Waals surface area (Å²) in [6.45, 7) is 5.05. The fourth-order valence-corrected chi connectivity index (χ4v) is 1.78. The molecule has 0 unspecified atom stereocenters. The fraction of sp³-hybridized carbons (Fsp3) is 0.417. The maximum absolute atomic E-state index is 11.6. The normalized spacial score (nSPS) is 10.0. The Kier molecular flexibility index (Phi) is 4.80. The number of benzene rings is 1. The second-order valence-electron chi connectivity index (χ2n) is 3.72. The molecule has 88 valence electrons. The molecule has 1 aromatic rings. The van der Waals surface area contributed by atoms with Crippen LogP contribution in [-0.2, 0) is 4.79 Å². The summed E-state index contributed by atoms with van der Waals surface area (Å²) in [6.07, 6.45) is 0. The number of nitrogens with one attached hydrogen (secondary N) is 1. The van der Waals surface area contributed by atoms with Crippen LogP contribution in [0.3, 0.4) is 0 Å². The summed E-state index contributed by atoms with van der Waals surface area (Å²) in [4.78, 5) is 13.3. The molecule has 0 saturated carbocycles. The van der Waals surface area contributed by atoms with E-state index in [1.165, 1.54) is 0 Å². The van der Waals surface area contributed by atoms with Crippen LogP contribution < -0.4 is 5.32 Å². The average Bonchev–Trinajstić information content (AvgIpc) is 2.26. The van der Waals surface area contributed by atoms with Crippen LogP contribution in [0.5, 0.6) is 0 Å². The number of likely N-dealkylation sites (N-methyl/N-ethyl adjacent to an activating group) is 1. The minimum Gasteiger partial charge on any atom is -0.376 e. The molecule has 1 rings (SSSR count). The number of hydrogen-bond donors (Lipinski definition) is 1. The maximum Gasteiger partial charge on any atom is 0.241 e. The van der Waals surface area contributed by atoms with Crippen molar-refractivity contribution in [1.82, 2.24) is 4.90 Å². The molecule has 1 N–H and O–H groups in total. The van der Waals surface area contributed by atoms with E-state index in [-0.39, 0.29) is 5.91 Å². The van der Waals surface area contributed by atoms with Crippen LogP contribution in [-0.4, -0.2) is 30.9 Å². The summed E-state index contributed by atoms with van der Waals surface area (Å²) in [6, 6.07) is 5.96. The van der Waals surface area contributed by atoms with E-state index >= 15 is 0 Å². The van der Waals surface area contributed by atoms with E-state index in [4.69, 9.17) is 0 Å². The average molecular weight is 285 g/mol. The minimum atomic E-state index is 0.102. The van der Waals surface area contributed by atoms with E-state index in [2.05, 4.69) is 21.2 Å². The third-order valence-electron chi connectivity index (χ3n) is 2.52. The number of rotatable bonds is 4. The van der Waals surface area contributed by atoms with Gasteiger partial charge in [0, 0.05) is 23.8 Å². The molecule has 0 fully saturated rings. The van der Waals surface area contributed by atoms with Gasteiger partial charge in [0.15, 0.2) is 0 Å². The maximum atomic E-state index is 11.6. The van der Waals surface area contributed by atoms with Gasteiger partial charge in [-0.2, -0.15) is 0 Å². The lowest BCUT2D eigenvalue weighted by molar-refractivity contribution is -0.127. The molecule has 0 aliphatic rings. The molecule has 0 aromatic heterocycles. The van der Waals surface area contributed by atoms with Crippen LogP contribution in [0.2, 0.25) is 0 Å². The highest BCUT2D eigenvalue weighted by Gasteiger charge is 2.06. The van der Waals surface area contributed by atoms with Crippen molar-refractivity contribution < 1.29 is 4.79 Å². The smallest absolute Gasteiger partial charge is 0.241 e. The molecule has 0 aliphatic heterocycles. The molecule has 0 atom stereocenters. The number of carbonyl (C=O) groups excluding carboxylic acids is 1. The van der Waals surface area contributed by atoms with Crippen molar-refractivity contribution in [2.75, 3.05) is 25.5 Å². The second-order valence-corrected chi connectivity index (χ2v) is 4.64. The Bertz CT molecular complexity index is 379. The van der Waals surface area contributed by atoms with Crippen molar-refractivity contribution in [1.29, 1.82) is 0 Å². The molecule has 0 radical (unpaired) electrons. The first-order valence-corrected chi connectivity index (χ1v) is 6.08. The fourth-order valence-electron chi connectivity index (χ4n) is 1.31. The van der Waals surface area contributed by atoms with E-state index in [1.54, 1.807) is 11.9 Å². The minimum absolute atomic E-state index is 0.102. The van der Waals surface area contributed by atoms with Crippen molar-refractivity contribution in [3.63, 3.8) is 0 Å². The van der Waals surface area contributed by atoms with Crippen molar-refractivity contribution in [2.45, 2.75) is 13.8 Å². The SMILES string of the molecule is CCN(C)C(=O)CNc1ccc(Br)cc1C. The predicted molar refractivity (Wildman–Crippen MR) is 70.7 cm³/mol. The van der Waals surface area contributed by atoms with Gasteiger partial charge in [-0.1, -0.05) is 15.9 Å². The molecule has 4 heteroatoms. The standard InChI is InChI=1S/C12H17BrN2O/c1-4-15(3)12(16)8-14-11-6-5-10(13)7-9(11)2/h5-7,14H,4,8H2,1-3H3. The summed E-state index contributed by atoms with van der Waals surface area (Å²) in [5, 5.41) is 3.14. The molecule has 0 saturated heterocycles. The third kappa shape index (κ3) is 3.52. The van der Waals surface area contributed by atoms with Gasteiger partial charge in [0.1, 0.15) is 0 Å². The zero-order chi connectivity index (χ0) is 12.1. The van der Waals surface area contributed by atoms with Gasteiger partial charge in [0.25, 0.3) is 0 Å². The van der Waals surface area contributed by atoms with E-state index in [0.717, 1.165) is 22.3 Å². The molecule has 0 bridgehead atoms. The summed E-state index contributed by atoms with van der Waals surface area (Å²) in [7, 11) is 1.80. The first-order valence-electron chi connectivity index (χ1n) is 5.28. The third-order valence-corrected chi connectivity index (χ3v) is 3.01. The Morgan fingerprint density at radius 1 is 1.50 bits per heavy atom. The predicted octanol–water partition coefficient (Wildman–Crippen LogP) is 2.65. The number of hydrogen-bond acceptors (Lipinski definition) is 2. The van der Waals surface area contributed by atoms with Gasteiger partial charge in [0.05, 0.1) is 6.54 Å². The molecule has 0 spiro atoms. The first-order chi connectivity index (χ1) is 7.54. The molecule has 16 heavy (non-hydrogen) atoms. The summed E-state index contributed by atoms with van der Waals surface area (Å²) in [5.41, 5.74) is 2.13. The van der Waals surface area contributed by atoms with Crippen molar-refractivity contribution >= 4 is 27.5 Å². The van der Waals surface area contributed by atoms with Gasteiger partial charge in [-0.05, 0) is 37.6 Å². The molecule has 1 amide bonds. The van der Waals surface area contributed by atoms with Crippen LogP contribution in [0.15, 0.2) is 22.7 Å². The zero-order valence-electron chi connectivity index (χ0n) is 9.88. The monoisotopic (exact) mass is 284 g/mol. The van der Waals surface area contributed by atoms with E-state index in [1.807, 2.05) is 32.0 Å². The Hall–Kier alpha value is -1.03. The number of aryl methyl sites for hydroxylation is 1. The Morgan fingerprint density at radius 2 is 2.19 bits per heavy atom. The van der Waals surface area contributed by atoms with E-state index < -0.39 is 0 Å². The van der Waals surface area contributed by atoms with Gasteiger partial charge >= 0.3 is 0 Å². The molecule has 0 heterocycles. The lowest BCUT2D eigenvalue weighted by Gasteiger charge is -2.16. The van der Waals surface area contributed by atoms with Crippen molar-refractivity contribution in [3.05, 3.63) is 28.2 Å². The van der Waals surface area contributed by atoms with Crippen LogP contribution in [0.25, 0.3) is 0 Å². The lowest BCUT2D eigenvalue weighted by atomic mass is 10.2. The highest BCUT2D eigenvalue weighted by atomic mass is 79.9. The van der Waals surface area contributed by atoms with E-state index in [0.29, 0.717) is 6.54 Å². The van der Waals surface area contributed by atoms with Crippen LogP contribution in [0.4, 0.5) is 5.69 Å². The lowest BCUT2D eigenvalue weighted by Crippen LogP contribution is -2.31. The van der Waals surface area contributed by atoms with Gasteiger partial charge in [-0.15, -0.1) is 0 Å². The zero-order valence-corrected chi connectivity index (χ0v) is 11.5. The van der Waals surface area contributed by atoms with Crippen LogP contribution in [0, 0.1) is 6.92 Å². The Labute approximate surface area is 105 Å². The molecule has 0 aliphatic carbocycles. The van der Waals surface area contributed by atoms with Crippen molar-refractivity contribution in [3.8, 4) is 0 Å². The highest BCUT2D eigenvalue weighted by Crippen LogP contribution is 2.19. The largest absolute Gasteiger partial charge is 0.376 e. The number of amides is 1. The molecular formula is C12H17BrN2O. The van der Waals surface area contributed by atoms with Gasteiger partial charge in [0.2, 0.25) is 5.91 Å². The number of anilines is 1. The second kappa shape index (κ2) is 5.89.